The van der Waals surface area contributed by atoms with Gasteiger partial charge in [0.05, 0.1) is 6.61 Å². The Labute approximate surface area is 149 Å². The molecule has 0 heterocycles. The topological polar surface area (TPSA) is 46.6 Å². The lowest BCUT2D eigenvalue weighted by atomic mass is 10.1. The van der Waals surface area contributed by atoms with Crippen molar-refractivity contribution in [1.82, 2.24) is 4.90 Å². The molecule has 0 unspecified atom stereocenters. The van der Waals surface area contributed by atoms with Crippen LogP contribution in [0.1, 0.15) is 41.3 Å². The third kappa shape index (κ3) is 5.75. The molecule has 2 aromatic rings. The number of carbonyl (C=O) groups is 2. The molecule has 0 spiro atoms. The molecule has 0 saturated heterocycles. The quantitative estimate of drug-likeness (QED) is 0.539. The van der Waals surface area contributed by atoms with Crippen LogP contribution in [0.15, 0.2) is 48.5 Å². The first-order valence-electron chi connectivity index (χ1n) is 8.49. The van der Waals surface area contributed by atoms with E-state index in [1.165, 1.54) is 18.1 Å². The van der Waals surface area contributed by atoms with Gasteiger partial charge in [0.15, 0.2) is 5.78 Å². The predicted molar refractivity (Wildman–Crippen MR) is 98.8 cm³/mol. The minimum atomic E-state index is 0.0360. The maximum absolute atomic E-state index is 12.2. The van der Waals surface area contributed by atoms with Gasteiger partial charge in [-0.2, -0.15) is 0 Å². The second kappa shape index (κ2) is 9.02. The van der Waals surface area contributed by atoms with Crippen LogP contribution in [-0.2, 0) is 11.3 Å². The van der Waals surface area contributed by atoms with E-state index in [4.69, 9.17) is 4.74 Å². The first kappa shape index (κ1) is 18.7. The molecular weight excluding hydrogens is 314 g/mol. The SMILES string of the molecule is CC(=O)c1ccc(OCCCC(=O)N(C)Cc2ccccc2C)cc1. The second-order valence-corrected chi connectivity index (χ2v) is 6.21. The molecule has 0 radical (unpaired) electrons. The summed E-state index contributed by atoms with van der Waals surface area (Å²) < 4.78 is 5.63. The molecule has 0 aromatic heterocycles. The van der Waals surface area contributed by atoms with E-state index in [0.717, 1.165) is 0 Å². The van der Waals surface area contributed by atoms with Crippen molar-refractivity contribution in [2.45, 2.75) is 33.2 Å². The molecular formula is C21H25NO3. The molecule has 0 N–H and O–H groups in total. The van der Waals surface area contributed by atoms with Gasteiger partial charge in [-0.3, -0.25) is 9.59 Å². The summed E-state index contributed by atoms with van der Waals surface area (Å²) in [6.45, 7) is 4.69. The fourth-order valence-corrected chi connectivity index (χ4v) is 2.52. The van der Waals surface area contributed by atoms with Gasteiger partial charge in [-0.25, -0.2) is 0 Å². The van der Waals surface area contributed by atoms with Crippen LogP contribution in [0.5, 0.6) is 5.75 Å². The molecule has 0 bridgehead atoms. The monoisotopic (exact) mass is 339 g/mol. The highest BCUT2D eigenvalue weighted by Crippen LogP contribution is 2.14. The van der Waals surface area contributed by atoms with Crippen LogP contribution in [0.2, 0.25) is 0 Å². The van der Waals surface area contributed by atoms with Gasteiger partial charge in [-0.1, -0.05) is 24.3 Å². The van der Waals surface area contributed by atoms with Gasteiger partial charge in [0.1, 0.15) is 5.75 Å². The molecule has 132 valence electrons. The van der Waals surface area contributed by atoms with Crippen molar-refractivity contribution in [3.8, 4) is 5.75 Å². The molecule has 0 aliphatic rings. The van der Waals surface area contributed by atoms with Gasteiger partial charge in [-0.15, -0.1) is 0 Å². The number of rotatable bonds is 8. The molecule has 0 aliphatic heterocycles. The van der Waals surface area contributed by atoms with E-state index in [1.807, 2.05) is 25.2 Å². The molecule has 2 aromatic carbocycles. The van der Waals surface area contributed by atoms with Crippen molar-refractivity contribution in [3.63, 3.8) is 0 Å². The Morgan fingerprint density at radius 3 is 2.36 bits per heavy atom. The van der Waals surface area contributed by atoms with Crippen LogP contribution in [0, 0.1) is 6.92 Å². The molecule has 4 heteroatoms. The highest BCUT2D eigenvalue weighted by atomic mass is 16.5. The van der Waals surface area contributed by atoms with Gasteiger partial charge in [0.25, 0.3) is 0 Å². The van der Waals surface area contributed by atoms with E-state index >= 15 is 0 Å². The van der Waals surface area contributed by atoms with Gasteiger partial charge in [-0.05, 0) is 55.7 Å². The normalized spacial score (nSPS) is 10.4. The lowest BCUT2D eigenvalue weighted by Crippen LogP contribution is -2.26. The smallest absolute Gasteiger partial charge is 0.222 e. The third-order valence-electron chi connectivity index (χ3n) is 4.16. The Morgan fingerprint density at radius 1 is 1.04 bits per heavy atom. The standard InChI is InChI=1S/C21H25NO3/c1-16-7-4-5-8-19(16)15-22(3)21(24)9-6-14-25-20-12-10-18(11-13-20)17(2)23/h4-5,7-8,10-13H,6,9,14-15H2,1-3H3. The average molecular weight is 339 g/mol. The summed E-state index contributed by atoms with van der Waals surface area (Å²) >= 11 is 0. The van der Waals surface area contributed by atoms with Crippen molar-refractivity contribution in [1.29, 1.82) is 0 Å². The zero-order chi connectivity index (χ0) is 18.2. The van der Waals surface area contributed by atoms with E-state index in [0.29, 0.717) is 37.3 Å². The van der Waals surface area contributed by atoms with E-state index in [2.05, 4.69) is 13.0 Å². The fourth-order valence-electron chi connectivity index (χ4n) is 2.52. The number of amides is 1. The largest absolute Gasteiger partial charge is 0.494 e. The summed E-state index contributed by atoms with van der Waals surface area (Å²) in [4.78, 5) is 25.2. The molecule has 25 heavy (non-hydrogen) atoms. The Morgan fingerprint density at radius 2 is 1.72 bits per heavy atom. The van der Waals surface area contributed by atoms with Gasteiger partial charge < -0.3 is 9.64 Å². The van der Waals surface area contributed by atoms with Crippen molar-refractivity contribution >= 4 is 11.7 Å². The molecule has 0 aliphatic carbocycles. The van der Waals surface area contributed by atoms with E-state index in [9.17, 15) is 9.59 Å². The number of hydrogen-bond acceptors (Lipinski definition) is 3. The lowest BCUT2D eigenvalue weighted by molar-refractivity contribution is -0.130. The predicted octanol–water partition coefficient (Wildman–Crippen LogP) is 4.02. The maximum atomic E-state index is 12.2. The summed E-state index contributed by atoms with van der Waals surface area (Å²) in [7, 11) is 1.83. The zero-order valence-corrected chi connectivity index (χ0v) is 15.1. The van der Waals surface area contributed by atoms with Crippen LogP contribution in [0.3, 0.4) is 0 Å². The summed E-state index contributed by atoms with van der Waals surface area (Å²) in [6, 6.07) is 15.2. The summed E-state index contributed by atoms with van der Waals surface area (Å²) in [5.41, 5.74) is 3.03. The number of hydrogen-bond donors (Lipinski definition) is 0. The summed E-state index contributed by atoms with van der Waals surface area (Å²) in [5, 5.41) is 0. The molecule has 0 saturated carbocycles. The summed E-state index contributed by atoms with van der Waals surface area (Å²) in [5.74, 6) is 0.860. The van der Waals surface area contributed by atoms with Crippen molar-refractivity contribution < 1.29 is 14.3 Å². The van der Waals surface area contributed by atoms with Crippen LogP contribution >= 0.6 is 0 Å². The van der Waals surface area contributed by atoms with Gasteiger partial charge >= 0.3 is 0 Å². The highest BCUT2D eigenvalue weighted by molar-refractivity contribution is 5.94. The first-order valence-corrected chi connectivity index (χ1v) is 8.49. The zero-order valence-electron chi connectivity index (χ0n) is 15.1. The minimum Gasteiger partial charge on any atom is -0.494 e. The Bertz CT molecular complexity index is 722. The average Bonchev–Trinajstić information content (AvgIpc) is 2.60. The summed E-state index contributed by atoms with van der Waals surface area (Å²) in [6.07, 6.45) is 1.11. The first-order chi connectivity index (χ1) is 12.0. The third-order valence-corrected chi connectivity index (χ3v) is 4.16. The van der Waals surface area contributed by atoms with Crippen LogP contribution in [0.25, 0.3) is 0 Å². The molecule has 4 nitrogen and oxygen atoms in total. The van der Waals surface area contributed by atoms with Crippen molar-refractivity contribution in [3.05, 3.63) is 65.2 Å². The van der Waals surface area contributed by atoms with Crippen LogP contribution in [-0.4, -0.2) is 30.2 Å². The van der Waals surface area contributed by atoms with Gasteiger partial charge in [0, 0.05) is 25.6 Å². The highest BCUT2D eigenvalue weighted by Gasteiger charge is 2.10. The number of Topliss-reactive ketones (excluding diaryl/α,β-unsaturated/α-hetero) is 1. The number of ketones is 1. The molecule has 0 fully saturated rings. The van der Waals surface area contributed by atoms with E-state index < -0.39 is 0 Å². The number of benzene rings is 2. The van der Waals surface area contributed by atoms with Crippen LogP contribution < -0.4 is 4.74 Å². The number of nitrogens with zero attached hydrogens (tertiary/aromatic N) is 1. The van der Waals surface area contributed by atoms with Gasteiger partial charge in [0.2, 0.25) is 5.91 Å². The Balaban J connectivity index is 1.72. The van der Waals surface area contributed by atoms with Crippen molar-refractivity contribution in [2.75, 3.05) is 13.7 Å². The Kier molecular flexibility index (Phi) is 6.75. The number of carbonyl (C=O) groups excluding carboxylic acids is 2. The second-order valence-electron chi connectivity index (χ2n) is 6.21. The Hall–Kier alpha value is -2.62. The minimum absolute atomic E-state index is 0.0360. The fraction of sp³-hybridized carbons (Fsp3) is 0.333. The van der Waals surface area contributed by atoms with E-state index in [-0.39, 0.29) is 11.7 Å². The molecule has 1 amide bonds. The molecule has 0 atom stereocenters. The number of ether oxygens (including phenoxy) is 1. The number of aryl methyl sites for hydroxylation is 1. The van der Waals surface area contributed by atoms with E-state index in [1.54, 1.807) is 29.2 Å². The van der Waals surface area contributed by atoms with Crippen molar-refractivity contribution in [2.24, 2.45) is 0 Å². The lowest BCUT2D eigenvalue weighted by Gasteiger charge is -2.18. The maximum Gasteiger partial charge on any atom is 0.222 e. The molecule has 2 rings (SSSR count). The van der Waals surface area contributed by atoms with Crippen LogP contribution in [0.4, 0.5) is 0 Å².